The minimum atomic E-state index is -0.467. The van der Waals surface area contributed by atoms with Crippen LogP contribution in [-0.2, 0) is 16.1 Å². The summed E-state index contributed by atoms with van der Waals surface area (Å²) in [5.41, 5.74) is 0.353. The van der Waals surface area contributed by atoms with Crippen molar-refractivity contribution in [2.45, 2.75) is 39.3 Å². The minimum absolute atomic E-state index is 0.234. The second-order valence-electron chi connectivity index (χ2n) is 6.38. The van der Waals surface area contributed by atoms with Gasteiger partial charge in [-0.1, -0.05) is 0 Å². The van der Waals surface area contributed by atoms with Gasteiger partial charge in [0, 0.05) is 24.8 Å². The highest BCUT2D eigenvalue weighted by molar-refractivity contribution is 5.69. The first-order valence-corrected chi connectivity index (χ1v) is 7.70. The maximum Gasteiger partial charge on any atom is 0.308 e. The highest BCUT2D eigenvalue weighted by Gasteiger charge is 2.16. The Kier molecular flexibility index (Phi) is 4.20. The molecule has 0 aliphatic heterocycles. The van der Waals surface area contributed by atoms with Crippen molar-refractivity contribution in [3.63, 3.8) is 0 Å². The number of aryl methyl sites for hydroxylation is 1. The lowest BCUT2D eigenvalue weighted by molar-refractivity contribution is -0.155. The molecule has 0 spiro atoms. The third-order valence-corrected chi connectivity index (χ3v) is 3.17. The lowest BCUT2D eigenvalue weighted by atomic mass is 10.2. The smallest absolute Gasteiger partial charge is 0.308 e. The molecule has 0 atom stereocenters. The van der Waals surface area contributed by atoms with Crippen LogP contribution < -0.4 is 5.32 Å². The quantitative estimate of drug-likeness (QED) is 0.724. The van der Waals surface area contributed by atoms with E-state index in [1.54, 1.807) is 23.3 Å². The van der Waals surface area contributed by atoms with Crippen molar-refractivity contribution in [3.8, 4) is 0 Å². The van der Waals surface area contributed by atoms with Crippen LogP contribution in [0.1, 0.15) is 27.2 Å². The second-order valence-corrected chi connectivity index (χ2v) is 6.38. The number of nitrogens with zero attached hydrogens (tertiary/aromatic N) is 5. The molecule has 0 radical (unpaired) electrons. The summed E-state index contributed by atoms with van der Waals surface area (Å²) in [5.74, 6) is 1.23. The number of nitrogens with one attached hydrogen (secondary N) is 1. The number of ether oxygens (including phenoxy) is 1. The number of anilines is 2. The van der Waals surface area contributed by atoms with Gasteiger partial charge in [0.15, 0.2) is 0 Å². The molecule has 0 aliphatic rings. The first-order valence-electron chi connectivity index (χ1n) is 7.70. The molecule has 0 fully saturated rings. The fourth-order valence-electron chi connectivity index (χ4n) is 2.23. The Bertz CT molecular complexity index is 845. The van der Waals surface area contributed by atoms with Gasteiger partial charge in [0.1, 0.15) is 11.4 Å². The van der Waals surface area contributed by atoms with Crippen LogP contribution in [0.15, 0.2) is 37.1 Å². The number of aromatic nitrogens is 5. The van der Waals surface area contributed by atoms with Gasteiger partial charge < -0.3 is 10.1 Å². The van der Waals surface area contributed by atoms with Crippen molar-refractivity contribution in [1.29, 1.82) is 0 Å². The van der Waals surface area contributed by atoms with Gasteiger partial charge in [-0.25, -0.2) is 9.97 Å². The molecule has 0 aromatic carbocycles. The van der Waals surface area contributed by atoms with Gasteiger partial charge in [-0.15, -0.1) is 0 Å². The predicted octanol–water partition coefficient (Wildman–Crippen LogP) is 2.40. The molecule has 3 rings (SSSR count). The van der Waals surface area contributed by atoms with Crippen LogP contribution in [0.5, 0.6) is 0 Å². The zero-order valence-corrected chi connectivity index (χ0v) is 13.9. The first-order chi connectivity index (χ1) is 11.4. The average molecular weight is 328 g/mol. The van der Waals surface area contributed by atoms with Crippen molar-refractivity contribution in [3.05, 3.63) is 37.1 Å². The second kappa shape index (κ2) is 6.31. The van der Waals surface area contributed by atoms with E-state index in [-0.39, 0.29) is 12.4 Å². The minimum Gasteiger partial charge on any atom is -0.460 e. The summed E-state index contributed by atoms with van der Waals surface area (Å²) in [6.45, 7) is 6.03. The maximum atomic E-state index is 11.8. The van der Waals surface area contributed by atoms with Gasteiger partial charge in [-0.05, 0) is 26.8 Å². The number of imidazole rings is 1. The third kappa shape index (κ3) is 3.89. The van der Waals surface area contributed by atoms with Gasteiger partial charge in [-0.2, -0.15) is 5.10 Å². The molecular weight excluding hydrogens is 308 g/mol. The molecule has 0 bridgehead atoms. The number of rotatable bonds is 5. The third-order valence-electron chi connectivity index (χ3n) is 3.17. The Morgan fingerprint density at radius 2 is 2.08 bits per heavy atom. The number of carbonyl (C=O) groups excluding carboxylic acids is 1. The van der Waals surface area contributed by atoms with Gasteiger partial charge >= 0.3 is 5.97 Å². The molecule has 0 unspecified atom stereocenters. The highest BCUT2D eigenvalue weighted by atomic mass is 16.6. The van der Waals surface area contributed by atoms with Crippen LogP contribution in [0.4, 0.5) is 11.5 Å². The molecule has 8 nitrogen and oxygen atoms in total. The van der Waals surface area contributed by atoms with Crippen molar-refractivity contribution in [1.82, 2.24) is 24.1 Å². The summed E-state index contributed by atoms with van der Waals surface area (Å²) in [4.78, 5) is 20.1. The van der Waals surface area contributed by atoms with E-state index in [2.05, 4.69) is 20.4 Å². The Labute approximate surface area is 139 Å². The van der Waals surface area contributed by atoms with E-state index in [0.29, 0.717) is 12.3 Å². The fraction of sp³-hybridized carbons (Fsp3) is 0.375. The Balaban J connectivity index is 1.62. The Morgan fingerprint density at radius 1 is 1.29 bits per heavy atom. The van der Waals surface area contributed by atoms with Crippen LogP contribution in [0.3, 0.4) is 0 Å². The number of esters is 1. The lowest BCUT2D eigenvalue weighted by Gasteiger charge is -2.19. The molecule has 0 saturated carbocycles. The highest BCUT2D eigenvalue weighted by Crippen LogP contribution is 2.16. The summed E-state index contributed by atoms with van der Waals surface area (Å²) in [6.07, 6.45) is 9.04. The number of carbonyl (C=O) groups is 1. The SMILES string of the molecule is CC(C)(C)OC(=O)CCn1cc(Nc2ccnc3nccn23)cn1. The first kappa shape index (κ1) is 16.0. The maximum absolute atomic E-state index is 11.8. The normalized spacial score (nSPS) is 11.6. The largest absolute Gasteiger partial charge is 0.460 e. The molecule has 3 aromatic rings. The monoisotopic (exact) mass is 328 g/mol. The van der Waals surface area contributed by atoms with Crippen molar-refractivity contribution >= 4 is 23.3 Å². The average Bonchev–Trinajstić information content (AvgIpc) is 3.12. The molecule has 0 aliphatic carbocycles. The van der Waals surface area contributed by atoms with Gasteiger partial charge in [0.05, 0.1) is 24.8 Å². The fourth-order valence-corrected chi connectivity index (χ4v) is 2.23. The van der Waals surface area contributed by atoms with Crippen LogP contribution in [0.2, 0.25) is 0 Å². The van der Waals surface area contributed by atoms with Crippen LogP contribution in [0.25, 0.3) is 5.78 Å². The van der Waals surface area contributed by atoms with Gasteiger partial charge in [-0.3, -0.25) is 13.9 Å². The summed E-state index contributed by atoms with van der Waals surface area (Å²) in [7, 11) is 0. The molecule has 3 heterocycles. The molecule has 1 N–H and O–H groups in total. The topological polar surface area (TPSA) is 86.3 Å². The molecule has 0 saturated heterocycles. The van der Waals surface area contributed by atoms with Gasteiger partial charge in [0.25, 0.3) is 0 Å². The molecule has 126 valence electrons. The standard InChI is InChI=1S/C16H20N6O2/c1-16(2,3)24-14(23)5-8-21-11-12(10-19-21)20-13-4-6-17-15-18-7-9-22(13)15/h4,6-7,9-11,20H,5,8H2,1-3H3. The van der Waals surface area contributed by atoms with E-state index in [1.807, 2.05) is 43.6 Å². The molecule has 8 heteroatoms. The molecular formula is C16H20N6O2. The summed E-state index contributed by atoms with van der Waals surface area (Å²) >= 11 is 0. The van der Waals surface area contributed by atoms with E-state index in [0.717, 1.165) is 11.5 Å². The zero-order valence-electron chi connectivity index (χ0n) is 13.9. The van der Waals surface area contributed by atoms with Crippen molar-refractivity contribution in [2.75, 3.05) is 5.32 Å². The van der Waals surface area contributed by atoms with Crippen LogP contribution >= 0.6 is 0 Å². The molecule has 24 heavy (non-hydrogen) atoms. The number of hydrogen-bond acceptors (Lipinski definition) is 6. The summed E-state index contributed by atoms with van der Waals surface area (Å²) in [6, 6.07) is 1.85. The predicted molar refractivity (Wildman–Crippen MR) is 89.0 cm³/mol. The van der Waals surface area contributed by atoms with E-state index < -0.39 is 5.60 Å². The van der Waals surface area contributed by atoms with Crippen LogP contribution in [-0.4, -0.2) is 35.7 Å². The summed E-state index contributed by atoms with van der Waals surface area (Å²) < 4.78 is 8.84. The Hall–Kier alpha value is -2.90. The van der Waals surface area contributed by atoms with Crippen LogP contribution in [0, 0.1) is 0 Å². The van der Waals surface area contributed by atoms with E-state index in [1.165, 1.54) is 0 Å². The van der Waals surface area contributed by atoms with Gasteiger partial charge in [0.2, 0.25) is 5.78 Å². The van der Waals surface area contributed by atoms with E-state index in [4.69, 9.17) is 4.74 Å². The Morgan fingerprint density at radius 3 is 2.88 bits per heavy atom. The van der Waals surface area contributed by atoms with E-state index >= 15 is 0 Å². The molecule has 3 aromatic heterocycles. The number of fused-ring (bicyclic) bond motifs is 1. The number of hydrogen-bond donors (Lipinski definition) is 1. The molecule has 0 amide bonds. The van der Waals surface area contributed by atoms with E-state index in [9.17, 15) is 4.79 Å². The van der Waals surface area contributed by atoms with Crippen molar-refractivity contribution in [2.24, 2.45) is 0 Å². The zero-order chi connectivity index (χ0) is 17.2. The lowest BCUT2D eigenvalue weighted by Crippen LogP contribution is -2.24. The summed E-state index contributed by atoms with van der Waals surface area (Å²) in [5, 5.41) is 7.52. The van der Waals surface area contributed by atoms with Crippen molar-refractivity contribution < 1.29 is 9.53 Å².